The zero-order valence-corrected chi connectivity index (χ0v) is 12.4. The summed E-state index contributed by atoms with van der Waals surface area (Å²) in [7, 11) is -2.65. The third kappa shape index (κ3) is 3.24. The Balaban J connectivity index is 2.37. The van der Waals surface area contributed by atoms with Gasteiger partial charge in [0.05, 0.1) is 34.9 Å². The number of para-hydroxylation sites is 1. The highest BCUT2D eigenvalue weighted by atomic mass is 32.2. The minimum Gasteiger partial charge on any atom is -0.465 e. The number of nitrogens with one attached hydrogen (secondary N) is 1. The van der Waals surface area contributed by atoms with Crippen molar-refractivity contribution < 1.29 is 17.9 Å². The van der Waals surface area contributed by atoms with E-state index < -0.39 is 16.0 Å². The molecule has 22 heavy (non-hydrogen) atoms. The van der Waals surface area contributed by atoms with Gasteiger partial charge in [0.25, 0.3) is 10.0 Å². The average molecular weight is 316 g/mol. The van der Waals surface area contributed by atoms with Crippen LogP contribution in [0.2, 0.25) is 0 Å². The second kappa shape index (κ2) is 6.28. The van der Waals surface area contributed by atoms with Gasteiger partial charge in [0.15, 0.2) is 0 Å². The fourth-order valence-corrected chi connectivity index (χ4v) is 2.85. The van der Waals surface area contributed by atoms with E-state index in [9.17, 15) is 13.2 Å². The minimum atomic E-state index is -3.87. The first-order valence-electron chi connectivity index (χ1n) is 6.18. The van der Waals surface area contributed by atoms with Crippen LogP contribution in [0, 0.1) is 11.3 Å². The summed E-state index contributed by atoms with van der Waals surface area (Å²) in [5.41, 5.74) is 0.592. The highest BCUT2D eigenvalue weighted by molar-refractivity contribution is 7.92. The van der Waals surface area contributed by atoms with Crippen LogP contribution in [0.15, 0.2) is 53.4 Å². The molecule has 2 rings (SSSR count). The molecular weight excluding hydrogens is 304 g/mol. The Bertz CT molecular complexity index is 837. The average Bonchev–Trinajstić information content (AvgIpc) is 2.54. The molecule has 0 radical (unpaired) electrons. The number of carbonyl (C=O) groups excluding carboxylic acids is 1. The lowest BCUT2D eigenvalue weighted by Gasteiger charge is -2.11. The van der Waals surface area contributed by atoms with Gasteiger partial charge in [0.1, 0.15) is 0 Å². The summed E-state index contributed by atoms with van der Waals surface area (Å²) in [5, 5.41) is 8.72. The fraction of sp³-hybridized carbons (Fsp3) is 0.0667. The summed E-state index contributed by atoms with van der Waals surface area (Å²) in [6.07, 6.45) is 0. The van der Waals surface area contributed by atoms with Gasteiger partial charge in [-0.3, -0.25) is 4.72 Å². The van der Waals surface area contributed by atoms with E-state index in [1.165, 1.54) is 43.5 Å². The molecule has 0 unspecified atom stereocenters. The van der Waals surface area contributed by atoms with E-state index in [-0.39, 0.29) is 16.1 Å². The lowest BCUT2D eigenvalue weighted by atomic mass is 10.2. The molecule has 7 heteroatoms. The van der Waals surface area contributed by atoms with Gasteiger partial charge in [-0.15, -0.1) is 0 Å². The monoisotopic (exact) mass is 316 g/mol. The van der Waals surface area contributed by atoms with Crippen molar-refractivity contribution in [3.8, 4) is 6.07 Å². The molecule has 0 atom stereocenters. The number of nitrogens with zero attached hydrogens (tertiary/aromatic N) is 1. The summed E-state index contributed by atoms with van der Waals surface area (Å²) in [4.78, 5) is 11.6. The van der Waals surface area contributed by atoms with Crippen molar-refractivity contribution in [2.45, 2.75) is 4.90 Å². The highest BCUT2D eigenvalue weighted by Gasteiger charge is 2.18. The van der Waals surface area contributed by atoms with Crippen LogP contribution in [0.25, 0.3) is 0 Å². The largest absolute Gasteiger partial charge is 0.465 e. The van der Waals surface area contributed by atoms with E-state index in [2.05, 4.69) is 9.46 Å². The molecule has 112 valence electrons. The fourth-order valence-electron chi connectivity index (χ4n) is 1.77. The molecule has 6 nitrogen and oxygen atoms in total. The first-order chi connectivity index (χ1) is 10.5. The zero-order chi connectivity index (χ0) is 16.2. The smallest absolute Gasteiger partial charge is 0.339 e. The van der Waals surface area contributed by atoms with Crippen molar-refractivity contribution in [3.63, 3.8) is 0 Å². The quantitative estimate of drug-likeness (QED) is 0.872. The highest BCUT2D eigenvalue weighted by Crippen LogP contribution is 2.21. The third-order valence-electron chi connectivity index (χ3n) is 2.87. The lowest BCUT2D eigenvalue weighted by molar-refractivity contribution is 0.0602. The van der Waals surface area contributed by atoms with E-state index in [1.54, 1.807) is 12.1 Å². The number of nitriles is 1. The molecule has 0 saturated carbocycles. The van der Waals surface area contributed by atoms with Crippen molar-refractivity contribution in [2.24, 2.45) is 0 Å². The van der Waals surface area contributed by atoms with Gasteiger partial charge >= 0.3 is 5.97 Å². The number of benzene rings is 2. The summed E-state index contributed by atoms with van der Waals surface area (Å²) >= 11 is 0. The van der Waals surface area contributed by atoms with Crippen molar-refractivity contribution in [1.29, 1.82) is 5.26 Å². The van der Waals surface area contributed by atoms with Crippen LogP contribution in [0.1, 0.15) is 15.9 Å². The summed E-state index contributed by atoms with van der Waals surface area (Å²) in [6, 6.07) is 13.5. The molecule has 0 saturated heterocycles. The van der Waals surface area contributed by atoms with E-state index in [1.807, 2.05) is 6.07 Å². The van der Waals surface area contributed by atoms with Crippen LogP contribution in [-0.2, 0) is 14.8 Å². The first kappa shape index (κ1) is 15.5. The molecule has 0 bridgehead atoms. The maximum Gasteiger partial charge on any atom is 0.339 e. The number of hydrogen-bond acceptors (Lipinski definition) is 5. The van der Waals surface area contributed by atoms with Gasteiger partial charge in [-0.2, -0.15) is 5.26 Å². The molecule has 0 fully saturated rings. The first-order valence-corrected chi connectivity index (χ1v) is 7.66. The van der Waals surface area contributed by atoms with Crippen LogP contribution in [-0.4, -0.2) is 21.5 Å². The Labute approximate surface area is 128 Å². The van der Waals surface area contributed by atoms with Crippen LogP contribution < -0.4 is 4.72 Å². The standard InChI is InChI=1S/C15H12N2O4S/c1-21-15(18)13-4-2-3-5-14(13)17-22(19,20)12-8-6-11(10-16)7-9-12/h2-9,17H,1H3. The van der Waals surface area contributed by atoms with Crippen LogP contribution >= 0.6 is 0 Å². The molecule has 0 aliphatic heterocycles. The maximum atomic E-state index is 12.3. The topological polar surface area (TPSA) is 96.3 Å². The number of carbonyl (C=O) groups is 1. The van der Waals surface area contributed by atoms with Gasteiger partial charge < -0.3 is 4.74 Å². The van der Waals surface area contributed by atoms with Crippen LogP contribution in [0.3, 0.4) is 0 Å². The molecule has 0 aromatic heterocycles. The van der Waals surface area contributed by atoms with Gasteiger partial charge in [0.2, 0.25) is 0 Å². The van der Waals surface area contributed by atoms with Gasteiger partial charge in [0, 0.05) is 0 Å². The van der Waals surface area contributed by atoms with Gasteiger partial charge in [-0.25, -0.2) is 13.2 Å². The van der Waals surface area contributed by atoms with Gasteiger partial charge in [-0.05, 0) is 36.4 Å². The van der Waals surface area contributed by atoms with E-state index >= 15 is 0 Å². The molecule has 0 heterocycles. The van der Waals surface area contributed by atoms with Crippen molar-refractivity contribution in [3.05, 3.63) is 59.7 Å². The normalized spacial score (nSPS) is 10.5. The molecule has 0 spiro atoms. The summed E-state index contributed by atoms with van der Waals surface area (Å²) in [5.74, 6) is -0.641. The molecule has 0 amide bonds. The van der Waals surface area contributed by atoms with Crippen molar-refractivity contribution in [2.75, 3.05) is 11.8 Å². The number of esters is 1. The SMILES string of the molecule is COC(=O)c1ccccc1NS(=O)(=O)c1ccc(C#N)cc1. The number of sulfonamides is 1. The van der Waals surface area contributed by atoms with Crippen molar-refractivity contribution >= 4 is 21.7 Å². The molecular formula is C15H12N2O4S. The third-order valence-corrected chi connectivity index (χ3v) is 4.25. The second-order valence-electron chi connectivity index (χ2n) is 4.28. The Morgan fingerprint density at radius 1 is 1.14 bits per heavy atom. The lowest BCUT2D eigenvalue weighted by Crippen LogP contribution is -2.16. The molecule has 2 aromatic carbocycles. The van der Waals surface area contributed by atoms with Gasteiger partial charge in [-0.1, -0.05) is 12.1 Å². The number of hydrogen-bond donors (Lipinski definition) is 1. The number of methoxy groups -OCH3 is 1. The maximum absolute atomic E-state index is 12.3. The summed E-state index contributed by atoms with van der Waals surface area (Å²) < 4.78 is 31.6. The number of ether oxygens (including phenoxy) is 1. The van der Waals surface area contributed by atoms with Crippen molar-refractivity contribution in [1.82, 2.24) is 0 Å². The molecule has 0 aliphatic rings. The second-order valence-corrected chi connectivity index (χ2v) is 5.96. The predicted octanol–water partition coefficient (Wildman–Crippen LogP) is 2.15. The summed E-state index contributed by atoms with van der Waals surface area (Å²) in [6.45, 7) is 0. The Morgan fingerprint density at radius 3 is 2.36 bits per heavy atom. The Hall–Kier alpha value is -2.85. The van der Waals surface area contributed by atoms with E-state index in [4.69, 9.17) is 5.26 Å². The predicted molar refractivity (Wildman–Crippen MR) is 79.7 cm³/mol. The number of rotatable bonds is 4. The molecule has 2 aromatic rings. The minimum absolute atomic E-state index is 0.00818. The number of anilines is 1. The molecule has 0 aliphatic carbocycles. The van der Waals surface area contributed by atoms with E-state index in [0.717, 1.165) is 0 Å². The zero-order valence-electron chi connectivity index (χ0n) is 11.6. The Morgan fingerprint density at radius 2 is 1.77 bits per heavy atom. The van der Waals surface area contributed by atoms with E-state index in [0.29, 0.717) is 5.56 Å². The van der Waals surface area contributed by atoms with Crippen LogP contribution in [0.4, 0.5) is 5.69 Å². The molecule has 1 N–H and O–H groups in total. The van der Waals surface area contributed by atoms with Crippen LogP contribution in [0.5, 0.6) is 0 Å². The Kier molecular flexibility index (Phi) is 4.44.